The van der Waals surface area contributed by atoms with Crippen molar-refractivity contribution in [3.05, 3.63) is 28.8 Å². The number of hydrogen-bond acceptors (Lipinski definition) is 3. The molecule has 0 bridgehead atoms. The van der Waals surface area contributed by atoms with Gasteiger partial charge in [0.15, 0.2) is 0 Å². The standard InChI is InChI=1S/C18H24ClN3O2/c1-20-17(23)16-6-2-3-11-22(16)18(24)13-7-8-15(14(19)12-13)21-9-4-5-10-21/h7-8,12,16H,2-6,9-11H2,1H3,(H,20,23)/t16-/m0/s1. The van der Waals surface area contributed by atoms with Crippen LogP contribution < -0.4 is 10.2 Å². The van der Waals surface area contributed by atoms with E-state index in [1.165, 1.54) is 12.8 Å². The molecule has 2 aliphatic rings. The number of benzene rings is 1. The number of piperidine rings is 1. The van der Waals surface area contributed by atoms with Crippen LogP contribution in [0.25, 0.3) is 0 Å². The first-order valence-electron chi connectivity index (χ1n) is 8.69. The molecule has 2 aliphatic heterocycles. The molecule has 1 aromatic carbocycles. The average Bonchev–Trinajstić information content (AvgIpc) is 3.14. The highest BCUT2D eigenvalue weighted by Gasteiger charge is 2.32. The van der Waals surface area contributed by atoms with E-state index < -0.39 is 0 Å². The molecule has 2 fully saturated rings. The van der Waals surface area contributed by atoms with Crippen molar-refractivity contribution < 1.29 is 9.59 Å². The zero-order chi connectivity index (χ0) is 17.1. The number of nitrogens with one attached hydrogen (secondary N) is 1. The van der Waals surface area contributed by atoms with Crippen molar-refractivity contribution in [2.45, 2.75) is 38.1 Å². The van der Waals surface area contributed by atoms with Crippen molar-refractivity contribution in [2.24, 2.45) is 0 Å². The van der Waals surface area contributed by atoms with Crippen LogP contribution in [0.2, 0.25) is 5.02 Å². The topological polar surface area (TPSA) is 52.7 Å². The lowest BCUT2D eigenvalue weighted by Crippen LogP contribution is -2.51. The maximum Gasteiger partial charge on any atom is 0.254 e. The van der Waals surface area contributed by atoms with Gasteiger partial charge in [-0.2, -0.15) is 0 Å². The molecular weight excluding hydrogens is 326 g/mol. The van der Waals surface area contributed by atoms with Gasteiger partial charge in [-0.05, 0) is 50.3 Å². The van der Waals surface area contributed by atoms with Crippen LogP contribution >= 0.6 is 11.6 Å². The Bertz CT molecular complexity index is 629. The van der Waals surface area contributed by atoms with Gasteiger partial charge in [0.25, 0.3) is 5.91 Å². The summed E-state index contributed by atoms with van der Waals surface area (Å²) in [6, 6.07) is 5.12. The van der Waals surface area contributed by atoms with Crippen molar-refractivity contribution >= 4 is 29.1 Å². The van der Waals surface area contributed by atoms with Crippen LogP contribution in [0, 0.1) is 0 Å². The van der Waals surface area contributed by atoms with Crippen molar-refractivity contribution in [2.75, 3.05) is 31.6 Å². The summed E-state index contributed by atoms with van der Waals surface area (Å²) in [6.07, 6.45) is 4.97. The minimum Gasteiger partial charge on any atom is -0.370 e. The first-order valence-corrected chi connectivity index (χ1v) is 9.06. The van der Waals surface area contributed by atoms with Gasteiger partial charge in [-0.15, -0.1) is 0 Å². The number of rotatable bonds is 3. The van der Waals surface area contributed by atoms with E-state index in [2.05, 4.69) is 10.2 Å². The fraction of sp³-hybridized carbons (Fsp3) is 0.556. The lowest BCUT2D eigenvalue weighted by molar-refractivity contribution is -0.126. The monoisotopic (exact) mass is 349 g/mol. The van der Waals surface area contributed by atoms with Crippen LogP contribution in [0.4, 0.5) is 5.69 Å². The number of carbonyl (C=O) groups excluding carboxylic acids is 2. The van der Waals surface area contributed by atoms with Gasteiger partial charge in [0.1, 0.15) is 6.04 Å². The zero-order valence-electron chi connectivity index (χ0n) is 14.1. The molecule has 0 aromatic heterocycles. The number of amides is 2. The maximum absolute atomic E-state index is 12.9. The van der Waals surface area contributed by atoms with E-state index in [0.717, 1.165) is 31.6 Å². The van der Waals surface area contributed by atoms with E-state index in [1.54, 1.807) is 18.0 Å². The lowest BCUT2D eigenvalue weighted by Gasteiger charge is -2.34. The second kappa shape index (κ2) is 7.43. The van der Waals surface area contributed by atoms with Gasteiger partial charge in [-0.1, -0.05) is 11.6 Å². The summed E-state index contributed by atoms with van der Waals surface area (Å²) >= 11 is 6.43. The van der Waals surface area contributed by atoms with Gasteiger partial charge in [0.05, 0.1) is 10.7 Å². The van der Waals surface area contributed by atoms with Gasteiger partial charge in [0.2, 0.25) is 5.91 Å². The Morgan fingerprint density at radius 2 is 1.83 bits per heavy atom. The highest BCUT2D eigenvalue weighted by atomic mass is 35.5. The Morgan fingerprint density at radius 3 is 2.50 bits per heavy atom. The van der Waals surface area contributed by atoms with Crippen LogP contribution in [0.15, 0.2) is 18.2 Å². The number of halogens is 1. The summed E-state index contributed by atoms with van der Waals surface area (Å²) in [5.74, 6) is -0.207. The van der Waals surface area contributed by atoms with Crippen LogP contribution in [-0.4, -0.2) is 49.4 Å². The minimum atomic E-state index is -0.381. The van der Waals surface area contributed by atoms with Crippen LogP contribution in [0.5, 0.6) is 0 Å². The van der Waals surface area contributed by atoms with Gasteiger partial charge in [-0.3, -0.25) is 9.59 Å². The fourth-order valence-electron chi connectivity index (χ4n) is 3.63. The van der Waals surface area contributed by atoms with E-state index in [-0.39, 0.29) is 17.9 Å². The number of likely N-dealkylation sites (tertiary alicyclic amines) is 1. The third-order valence-corrected chi connectivity index (χ3v) is 5.26. The quantitative estimate of drug-likeness (QED) is 0.912. The molecule has 1 aromatic rings. The summed E-state index contributed by atoms with van der Waals surface area (Å²) in [6.45, 7) is 2.64. The molecule has 3 rings (SSSR count). The largest absolute Gasteiger partial charge is 0.370 e. The summed E-state index contributed by atoms with van der Waals surface area (Å²) < 4.78 is 0. The SMILES string of the molecule is CNC(=O)[C@@H]1CCCCN1C(=O)c1ccc(N2CCCC2)c(Cl)c1. The molecule has 1 N–H and O–H groups in total. The molecule has 5 nitrogen and oxygen atoms in total. The molecule has 24 heavy (non-hydrogen) atoms. The second-order valence-electron chi connectivity index (χ2n) is 6.48. The number of carbonyl (C=O) groups is 2. The van der Waals surface area contributed by atoms with Crippen molar-refractivity contribution in [1.29, 1.82) is 0 Å². The fourth-order valence-corrected chi connectivity index (χ4v) is 3.93. The Balaban J connectivity index is 1.80. The first kappa shape index (κ1) is 17.1. The molecule has 130 valence electrons. The van der Waals surface area contributed by atoms with Crippen LogP contribution in [-0.2, 0) is 4.79 Å². The molecule has 0 radical (unpaired) electrons. The van der Waals surface area contributed by atoms with Gasteiger partial charge in [-0.25, -0.2) is 0 Å². The maximum atomic E-state index is 12.9. The summed E-state index contributed by atoms with van der Waals surface area (Å²) in [4.78, 5) is 28.9. The molecule has 0 spiro atoms. The first-order chi connectivity index (χ1) is 11.6. The number of anilines is 1. The van der Waals surface area contributed by atoms with E-state index in [9.17, 15) is 9.59 Å². The Hall–Kier alpha value is -1.75. The number of nitrogens with zero attached hydrogens (tertiary/aromatic N) is 2. The molecule has 2 saturated heterocycles. The molecule has 0 saturated carbocycles. The third kappa shape index (κ3) is 3.36. The van der Waals surface area contributed by atoms with Gasteiger partial charge in [0, 0.05) is 32.2 Å². The Kier molecular flexibility index (Phi) is 5.29. The molecular formula is C18H24ClN3O2. The Labute approximate surface area is 147 Å². The molecule has 2 heterocycles. The van der Waals surface area contributed by atoms with E-state index in [4.69, 9.17) is 11.6 Å². The zero-order valence-corrected chi connectivity index (χ0v) is 14.8. The van der Waals surface area contributed by atoms with Crippen LogP contribution in [0.3, 0.4) is 0 Å². The van der Waals surface area contributed by atoms with E-state index in [0.29, 0.717) is 23.6 Å². The summed E-state index contributed by atoms with van der Waals surface area (Å²) in [5, 5.41) is 3.27. The smallest absolute Gasteiger partial charge is 0.254 e. The molecule has 0 unspecified atom stereocenters. The van der Waals surface area contributed by atoms with E-state index in [1.807, 2.05) is 12.1 Å². The molecule has 6 heteroatoms. The molecule has 0 aliphatic carbocycles. The van der Waals surface area contributed by atoms with Crippen molar-refractivity contribution in [1.82, 2.24) is 10.2 Å². The number of hydrogen-bond donors (Lipinski definition) is 1. The van der Waals surface area contributed by atoms with Crippen molar-refractivity contribution in [3.63, 3.8) is 0 Å². The normalized spacial score (nSPS) is 21.0. The average molecular weight is 350 g/mol. The predicted octanol–water partition coefficient (Wildman–Crippen LogP) is 2.68. The number of likely N-dealkylation sites (N-methyl/N-ethyl adjacent to an activating group) is 1. The second-order valence-corrected chi connectivity index (χ2v) is 6.89. The van der Waals surface area contributed by atoms with Gasteiger partial charge < -0.3 is 15.1 Å². The van der Waals surface area contributed by atoms with E-state index >= 15 is 0 Å². The van der Waals surface area contributed by atoms with Crippen molar-refractivity contribution in [3.8, 4) is 0 Å². The summed E-state index contributed by atoms with van der Waals surface area (Å²) in [5.41, 5.74) is 1.55. The lowest BCUT2D eigenvalue weighted by atomic mass is 10.00. The molecule has 1 atom stereocenters. The molecule has 2 amide bonds. The van der Waals surface area contributed by atoms with Gasteiger partial charge >= 0.3 is 0 Å². The Morgan fingerprint density at radius 1 is 1.12 bits per heavy atom. The third-order valence-electron chi connectivity index (χ3n) is 4.95. The minimum absolute atomic E-state index is 0.0946. The highest BCUT2D eigenvalue weighted by Crippen LogP contribution is 2.30. The highest BCUT2D eigenvalue weighted by molar-refractivity contribution is 6.33. The van der Waals surface area contributed by atoms with Crippen LogP contribution in [0.1, 0.15) is 42.5 Å². The predicted molar refractivity (Wildman–Crippen MR) is 95.6 cm³/mol. The summed E-state index contributed by atoms with van der Waals surface area (Å²) in [7, 11) is 1.61.